The van der Waals surface area contributed by atoms with E-state index in [1.165, 1.54) is 0 Å². The van der Waals surface area contributed by atoms with Crippen molar-refractivity contribution in [3.8, 4) is 0 Å². The molecule has 1 fully saturated rings. The van der Waals surface area contributed by atoms with Crippen LogP contribution >= 0.6 is 15.9 Å². The number of hydrazine groups is 1. The summed E-state index contributed by atoms with van der Waals surface area (Å²) in [7, 11) is 0. The molecule has 0 aliphatic carbocycles. The first-order valence-electron chi connectivity index (χ1n) is 9.93. The summed E-state index contributed by atoms with van der Waals surface area (Å²) in [6, 6.07) is 5.85. The van der Waals surface area contributed by atoms with Gasteiger partial charge in [-0.05, 0) is 52.8 Å². The van der Waals surface area contributed by atoms with Crippen molar-refractivity contribution < 1.29 is 14.4 Å². The number of piperazine rings is 1. The van der Waals surface area contributed by atoms with Gasteiger partial charge >= 0.3 is 6.16 Å². The monoisotopic (exact) mass is 480 g/mol. The number of fused-ring (bicyclic) bond motifs is 1. The van der Waals surface area contributed by atoms with Crippen LogP contribution in [0.25, 0.3) is 11.0 Å². The Bertz CT molecular complexity index is 878. The van der Waals surface area contributed by atoms with E-state index in [0.29, 0.717) is 12.5 Å². The molecule has 2 N–H and O–H groups in total. The Hall–Kier alpha value is -2.01. The standard InChI is InChI=1S/C20H29BrN6O3/c1-13-10-26(11-14(2)27(13)30-19(28)29-20(3,4)5)12-23-25-18-9-22-16-7-6-15(21)8-17(16)24-18/h6-9,13-14,23H,10-12H2,1-5H3,(H,24,25)/t13-,14+. The second-order valence-electron chi connectivity index (χ2n) is 8.50. The van der Waals surface area contributed by atoms with E-state index >= 15 is 0 Å². The number of nitrogens with one attached hydrogen (secondary N) is 2. The van der Waals surface area contributed by atoms with E-state index in [2.05, 4.69) is 41.6 Å². The number of aromatic nitrogens is 2. The number of hydrogen-bond acceptors (Lipinski definition) is 9. The quantitative estimate of drug-likeness (QED) is 0.492. The number of benzene rings is 1. The van der Waals surface area contributed by atoms with Crippen LogP contribution in [0.3, 0.4) is 0 Å². The lowest BCUT2D eigenvalue weighted by atomic mass is 10.1. The SMILES string of the molecule is C[C@@H]1CN(CNNc2cnc3ccc(Br)cc3n2)C[C@H](C)N1OC(=O)OC(C)(C)C. The van der Waals surface area contributed by atoms with Crippen LogP contribution in [0.4, 0.5) is 10.6 Å². The van der Waals surface area contributed by atoms with Crippen LogP contribution in [0.1, 0.15) is 34.6 Å². The number of carbonyl (C=O) groups excluding carboxylic acids is 1. The average molecular weight is 481 g/mol. The Kier molecular flexibility index (Phi) is 7.12. The number of hydrogen-bond donors (Lipinski definition) is 2. The molecular formula is C20H29BrN6O3. The topological polar surface area (TPSA) is 91.9 Å². The van der Waals surface area contributed by atoms with Gasteiger partial charge in [0, 0.05) is 17.6 Å². The normalized spacial score (nSPS) is 20.9. The molecule has 2 heterocycles. The van der Waals surface area contributed by atoms with Crippen LogP contribution in [-0.4, -0.2) is 63.5 Å². The fraction of sp³-hybridized carbons (Fsp3) is 0.550. The molecule has 30 heavy (non-hydrogen) atoms. The molecule has 0 amide bonds. The minimum Gasteiger partial charge on any atom is -0.427 e. The maximum absolute atomic E-state index is 12.0. The molecule has 2 atom stereocenters. The molecule has 1 aromatic heterocycles. The van der Waals surface area contributed by atoms with E-state index in [1.54, 1.807) is 11.3 Å². The van der Waals surface area contributed by atoms with Crippen LogP contribution in [0.5, 0.6) is 0 Å². The van der Waals surface area contributed by atoms with Crippen LogP contribution in [0.2, 0.25) is 0 Å². The van der Waals surface area contributed by atoms with Gasteiger partial charge < -0.3 is 15.0 Å². The van der Waals surface area contributed by atoms with Gasteiger partial charge in [0.05, 0.1) is 36.0 Å². The van der Waals surface area contributed by atoms with Gasteiger partial charge in [-0.25, -0.2) is 15.2 Å². The van der Waals surface area contributed by atoms with Gasteiger partial charge in [-0.3, -0.25) is 9.88 Å². The van der Waals surface area contributed by atoms with Crippen LogP contribution in [0, 0.1) is 0 Å². The summed E-state index contributed by atoms with van der Waals surface area (Å²) in [5.41, 5.74) is 7.36. The van der Waals surface area contributed by atoms with Crippen LogP contribution in [0.15, 0.2) is 28.9 Å². The number of nitrogens with zero attached hydrogens (tertiary/aromatic N) is 4. The third-order valence-corrected chi connectivity index (χ3v) is 5.00. The maximum Gasteiger partial charge on any atom is 0.528 e. The zero-order chi connectivity index (χ0) is 21.9. The molecule has 0 spiro atoms. The summed E-state index contributed by atoms with van der Waals surface area (Å²) < 4.78 is 6.22. The molecule has 1 aliphatic rings. The molecule has 3 rings (SSSR count). The van der Waals surface area contributed by atoms with E-state index in [4.69, 9.17) is 9.57 Å². The first-order valence-corrected chi connectivity index (χ1v) is 10.7. The molecule has 0 radical (unpaired) electrons. The molecule has 164 valence electrons. The molecule has 0 bridgehead atoms. The molecule has 1 aliphatic heterocycles. The second kappa shape index (κ2) is 9.42. The molecule has 9 nitrogen and oxygen atoms in total. The van der Waals surface area contributed by atoms with E-state index in [0.717, 1.165) is 28.6 Å². The van der Waals surface area contributed by atoms with Crippen molar-refractivity contribution in [1.29, 1.82) is 0 Å². The lowest BCUT2D eigenvalue weighted by Crippen LogP contribution is -2.58. The molecule has 1 saturated heterocycles. The first-order chi connectivity index (χ1) is 14.1. The van der Waals surface area contributed by atoms with Gasteiger partial charge in [0.15, 0.2) is 5.82 Å². The molecule has 0 saturated carbocycles. The summed E-state index contributed by atoms with van der Waals surface area (Å²) >= 11 is 3.45. The van der Waals surface area contributed by atoms with Gasteiger partial charge in [0.25, 0.3) is 0 Å². The Morgan fingerprint density at radius 3 is 2.60 bits per heavy atom. The Morgan fingerprint density at radius 2 is 1.93 bits per heavy atom. The molecule has 0 unspecified atom stereocenters. The second-order valence-corrected chi connectivity index (χ2v) is 9.41. The largest absolute Gasteiger partial charge is 0.528 e. The van der Waals surface area contributed by atoms with Crippen molar-refractivity contribution >= 4 is 38.9 Å². The summed E-state index contributed by atoms with van der Waals surface area (Å²) in [5.74, 6) is 0.647. The highest BCUT2D eigenvalue weighted by Gasteiger charge is 2.33. The van der Waals surface area contributed by atoms with Crippen molar-refractivity contribution in [3.05, 3.63) is 28.9 Å². The third kappa shape index (κ3) is 6.24. The number of rotatable bonds is 5. The fourth-order valence-corrected chi connectivity index (χ4v) is 3.72. The fourth-order valence-electron chi connectivity index (χ4n) is 3.37. The molecule has 2 aromatic rings. The number of anilines is 1. The summed E-state index contributed by atoms with van der Waals surface area (Å²) in [6.45, 7) is 11.6. The predicted molar refractivity (Wildman–Crippen MR) is 119 cm³/mol. The van der Waals surface area contributed by atoms with Crippen LogP contribution in [-0.2, 0) is 9.57 Å². The maximum atomic E-state index is 12.0. The highest BCUT2D eigenvalue weighted by atomic mass is 79.9. The number of ether oxygens (including phenoxy) is 1. The lowest BCUT2D eigenvalue weighted by Gasteiger charge is -2.42. The minimum absolute atomic E-state index is 0.0286. The predicted octanol–water partition coefficient (Wildman–Crippen LogP) is 3.53. The zero-order valence-corrected chi connectivity index (χ0v) is 19.6. The van der Waals surface area contributed by atoms with Gasteiger partial charge in [0.1, 0.15) is 5.60 Å². The molecule has 10 heteroatoms. The van der Waals surface area contributed by atoms with Crippen molar-refractivity contribution in [3.63, 3.8) is 0 Å². The number of halogens is 1. The van der Waals surface area contributed by atoms with Gasteiger partial charge in [-0.15, -0.1) is 5.06 Å². The minimum atomic E-state index is -0.670. The van der Waals surface area contributed by atoms with Gasteiger partial charge in [-0.2, -0.15) is 0 Å². The lowest BCUT2D eigenvalue weighted by molar-refractivity contribution is -0.205. The Balaban J connectivity index is 1.49. The van der Waals surface area contributed by atoms with Crippen molar-refractivity contribution in [2.24, 2.45) is 0 Å². The van der Waals surface area contributed by atoms with E-state index < -0.39 is 11.8 Å². The molecular weight excluding hydrogens is 452 g/mol. The van der Waals surface area contributed by atoms with E-state index in [-0.39, 0.29) is 12.1 Å². The highest BCUT2D eigenvalue weighted by molar-refractivity contribution is 9.10. The Morgan fingerprint density at radius 1 is 1.23 bits per heavy atom. The van der Waals surface area contributed by atoms with Crippen molar-refractivity contribution in [2.45, 2.75) is 52.3 Å². The average Bonchev–Trinajstić information content (AvgIpc) is 2.63. The number of hydroxylamine groups is 2. The van der Waals surface area contributed by atoms with Gasteiger partial charge in [-0.1, -0.05) is 15.9 Å². The van der Waals surface area contributed by atoms with E-state index in [9.17, 15) is 4.79 Å². The van der Waals surface area contributed by atoms with Crippen molar-refractivity contribution in [2.75, 3.05) is 25.2 Å². The smallest absolute Gasteiger partial charge is 0.427 e. The third-order valence-electron chi connectivity index (χ3n) is 4.51. The number of carbonyl (C=O) groups is 1. The van der Waals surface area contributed by atoms with Crippen molar-refractivity contribution in [1.82, 2.24) is 25.4 Å². The van der Waals surface area contributed by atoms with E-state index in [1.807, 2.05) is 52.8 Å². The van der Waals surface area contributed by atoms with Crippen LogP contribution < -0.4 is 10.9 Å². The Labute approximate surface area is 185 Å². The van der Waals surface area contributed by atoms with Gasteiger partial charge in [0.2, 0.25) is 0 Å². The summed E-state index contributed by atoms with van der Waals surface area (Å²) in [6.07, 6.45) is 1.03. The molecule has 1 aromatic carbocycles. The zero-order valence-electron chi connectivity index (χ0n) is 18.0. The first kappa shape index (κ1) is 22.7. The highest BCUT2D eigenvalue weighted by Crippen LogP contribution is 2.19. The summed E-state index contributed by atoms with van der Waals surface area (Å²) in [4.78, 5) is 28.7. The summed E-state index contributed by atoms with van der Waals surface area (Å²) in [5, 5.41) is 1.71.